The summed E-state index contributed by atoms with van der Waals surface area (Å²) in [4.78, 5) is 15.1. The smallest absolute Gasteiger partial charge is 0.227 e. The highest BCUT2D eigenvalue weighted by atomic mass is 16.2. The lowest BCUT2D eigenvalue weighted by Crippen LogP contribution is -2.44. The van der Waals surface area contributed by atoms with Gasteiger partial charge >= 0.3 is 0 Å². The summed E-state index contributed by atoms with van der Waals surface area (Å²) in [5.74, 6) is 0.959. The molecule has 1 aliphatic heterocycles. The molecule has 2 heteroatoms. The van der Waals surface area contributed by atoms with Crippen molar-refractivity contribution in [3.05, 3.63) is 35.9 Å². The number of hydrogen-bond donors (Lipinski definition) is 0. The van der Waals surface area contributed by atoms with Gasteiger partial charge in [-0.1, -0.05) is 50.6 Å². The Labute approximate surface area is 129 Å². The zero-order valence-corrected chi connectivity index (χ0v) is 14.1. The van der Waals surface area contributed by atoms with Crippen LogP contribution in [0.1, 0.15) is 65.5 Å². The van der Waals surface area contributed by atoms with Gasteiger partial charge in [0.05, 0.1) is 6.04 Å². The van der Waals surface area contributed by atoms with E-state index in [4.69, 9.17) is 0 Å². The van der Waals surface area contributed by atoms with E-state index in [1.165, 1.54) is 5.56 Å². The predicted molar refractivity (Wildman–Crippen MR) is 88.0 cm³/mol. The number of carbonyl (C=O) groups is 1. The molecule has 0 bridgehead atoms. The minimum absolute atomic E-state index is 0.131. The molecule has 0 unspecified atom stereocenters. The maximum absolute atomic E-state index is 13.0. The molecule has 2 nitrogen and oxygen atoms in total. The van der Waals surface area contributed by atoms with Crippen molar-refractivity contribution in [1.82, 2.24) is 4.90 Å². The van der Waals surface area contributed by atoms with Crippen molar-refractivity contribution in [3.63, 3.8) is 0 Å². The van der Waals surface area contributed by atoms with E-state index >= 15 is 0 Å². The lowest BCUT2D eigenvalue weighted by Gasteiger charge is -2.39. The number of benzene rings is 1. The van der Waals surface area contributed by atoms with Crippen molar-refractivity contribution in [2.75, 3.05) is 0 Å². The Balaban J connectivity index is 2.49. The monoisotopic (exact) mass is 287 g/mol. The summed E-state index contributed by atoms with van der Waals surface area (Å²) < 4.78 is 0. The van der Waals surface area contributed by atoms with E-state index in [9.17, 15) is 4.79 Å². The second kappa shape index (κ2) is 6.21. The third kappa shape index (κ3) is 3.00. The summed E-state index contributed by atoms with van der Waals surface area (Å²) >= 11 is 0. The lowest BCUT2D eigenvalue weighted by atomic mass is 9.82. The van der Waals surface area contributed by atoms with Gasteiger partial charge in [0, 0.05) is 11.5 Å². The normalized spacial score (nSPS) is 26.4. The predicted octanol–water partition coefficient (Wildman–Crippen LogP) is 4.81. The molecule has 0 N–H and O–H groups in total. The third-order valence-corrected chi connectivity index (χ3v) is 4.68. The molecule has 1 aromatic carbocycles. The van der Waals surface area contributed by atoms with E-state index in [2.05, 4.69) is 63.8 Å². The SMILES string of the molecule is CCC[C@H]1[C@H](CC)C(=O)N(C(C)(C)C)[C@@H]1c1ccccc1. The average molecular weight is 287 g/mol. The lowest BCUT2D eigenvalue weighted by molar-refractivity contribution is -0.136. The average Bonchev–Trinajstić information content (AvgIpc) is 2.72. The van der Waals surface area contributed by atoms with E-state index in [-0.39, 0.29) is 17.5 Å². The van der Waals surface area contributed by atoms with Crippen molar-refractivity contribution in [1.29, 1.82) is 0 Å². The molecule has 0 spiro atoms. The van der Waals surface area contributed by atoms with Crippen LogP contribution in [0.2, 0.25) is 0 Å². The minimum Gasteiger partial charge on any atom is -0.330 e. The zero-order valence-electron chi connectivity index (χ0n) is 14.1. The summed E-state index contributed by atoms with van der Waals surface area (Å²) in [6.45, 7) is 10.8. The summed E-state index contributed by atoms with van der Waals surface area (Å²) in [5, 5.41) is 0. The van der Waals surface area contributed by atoms with Gasteiger partial charge in [-0.3, -0.25) is 4.79 Å². The summed E-state index contributed by atoms with van der Waals surface area (Å²) in [5.41, 5.74) is 1.16. The Hall–Kier alpha value is -1.31. The summed E-state index contributed by atoms with van der Waals surface area (Å²) in [6.07, 6.45) is 3.20. The van der Waals surface area contributed by atoms with Crippen LogP contribution in [0.15, 0.2) is 30.3 Å². The molecule has 2 rings (SSSR count). The molecular formula is C19H29NO. The van der Waals surface area contributed by atoms with Gasteiger partial charge in [-0.25, -0.2) is 0 Å². The van der Waals surface area contributed by atoms with Gasteiger partial charge in [-0.15, -0.1) is 0 Å². The van der Waals surface area contributed by atoms with Crippen LogP contribution in [0, 0.1) is 11.8 Å². The molecule has 1 saturated heterocycles. The van der Waals surface area contributed by atoms with Crippen LogP contribution < -0.4 is 0 Å². The maximum Gasteiger partial charge on any atom is 0.227 e. The highest BCUT2D eigenvalue weighted by Crippen LogP contribution is 2.48. The number of nitrogens with zero attached hydrogens (tertiary/aromatic N) is 1. The highest BCUT2D eigenvalue weighted by molar-refractivity contribution is 5.83. The van der Waals surface area contributed by atoms with Crippen LogP contribution in [-0.2, 0) is 4.79 Å². The van der Waals surface area contributed by atoms with Gasteiger partial charge in [-0.05, 0) is 45.1 Å². The van der Waals surface area contributed by atoms with Crippen LogP contribution in [0.4, 0.5) is 0 Å². The molecule has 1 fully saturated rings. The topological polar surface area (TPSA) is 20.3 Å². The first-order valence-electron chi connectivity index (χ1n) is 8.29. The number of hydrogen-bond acceptors (Lipinski definition) is 1. The maximum atomic E-state index is 13.0. The van der Waals surface area contributed by atoms with Gasteiger partial charge in [0.15, 0.2) is 0 Å². The fraction of sp³-hybridized carbons (Fsp3) is 0.632. The number of rotatable bonds is 4. The molecule has 0 aromatic heterocycles. The van der Waals surface area contributed by atoms with Gasteiger partial charge in [0.1, 0.15) is 0 Å². The summed E-state index contributed by atoms with van der Waals surface area (Å²) in [7, 11) is 0. The Morgan fingerprint density at radius 2 is 1.71 bits per heavy atom. The Kier molecular flexibility index (Phi) is 4.75. The molecule has 1 aliphatic rings. The molecule has 3 atom stereocenters. The number of amides is 1. The standard InChI is InChI=1S/C19H29NO/c1-6-11-16-15(7-2)18(21)20(19(3,4)5)17(16)14-12-9-8-10-13-14/h8-10,12-13,15-17H,6-7,11H2,1-5H3/t15-,16-,17+/m0/s1. The van der Waals surface area contributed by atoms with E-state index in [0.29, 0.717) is 11.8 Å². The van der Waals surface area contributed by atoms with Gasteiger partial charge in [0.25, 0.3) is 0 Å². The second-order valence-electron chi connectivity index (χ2n) is 7.20. The van der Waals surface area contributed by atoms with Gasteiger partial charge in [-0.2, -0.15) is 0 Å². The van der Waals surface area contributed by atoms with E-state index < -0.39 is 0 Å². The molecule has 1 amide bonds. The van der Waals surface area contributed by atoms with E-state index in [0.717, 1.165) is 19.3 Å². The van der Waals surface area contributed by atoms with Gasteiger partial charge < -0.3 is 4.90 Å². The Bertz CT molecular complexity index is 474. The number of carbonyl (C=O) groups excluding carboxylic acids is 1. The van der Waals surface area contributed by atoms with E-state index in [1.807, 2.05) is 6.07 Å². The molecule has 0 radical (unpaired) electrons. The highest BCUT2D eigenvalue weighted by Gasteiger charge is 2.50. The third-order valence-electron chi connectivity index (χ3n) is 4.68. The fourth-order valence-electron chi connectivity index (χ4n) is 3.87. The largest absolute Gasteiger partial charge is 0.330 e. The zero-order chi connectivity index (χ0) is 15.6. The van der Waals surface area contributed by atoms with Gasteiger partial charge in [0.2, 0.25) is 5.91 Å². The first-order chi connectivity index (χ1) is 9.91. The minimum atomic E-state index is -0.131. The summed E-state index contributed by atoms with van der Waals surface area (Å²) in [6, 6.07) is 10.8. The van der Waals surface area contributed by atoms with Crippen LogP contribution in [0.25, 0.3) is 0 Å². The Morgan fingerprint density at radius 3 is 2.19 bits per heavy atom. The molecular weight excluding hydrogens is 258 g/mol. The fourth-order valence-corrected chi connectivity index (χ4v) is 3.87. The van der Waals surface area contributed by atoms with Crippen molar-refractivity contribution in [3.8, 4) is 0 Å². The quantitative estimate of drug-likeness (QED) is 0.778. The van der Waals surface area contributed by atoms with Crippen molar-refractivity contribution in [2.24, 2.45) is 11.8 Å². The molecule has 1 aromatic rings. The van der Waals surface area contributed by atoms with Crippen LogP contribution in [0.3, 0.4) is 0 Å². The number of likely N-dealkylation sites (tertiary alicyclic amines) is 1. The van der Waals surface area contributed by atoms with Crippen molar-refractivity contribution < 1.29 is 4.79 Å². The molecule has 0 saturated carbocycles. The molecule has 116 valence electrons. The molecule has 1 heterocycles. The first-order valence-corrected chi connectivity index (χ1v) is 8.29. The molecule has 21 heavy (non-hydrogen) atoms. The van der Waals surface area contributed by atoms with Crippen molar-refractivity contribution in [2.45, 2.75) is 65.5 Å². The Morgan fingerprint density at radius 1 is 1.10 bits per heavy atom. The first kappa shape index (κ1) is 16.1. The van der Waals surface area contributed by atoms with Crippen LogP contribution >= 0.6 is 0 Å². The molecule has 0 aliphatic carbocycles. The second-order valence-corrected chi connectivity index (χ2v) is 7.20. The van der Waals surface area contributed by atoms with Crippen LogP contribution in [-0.4, -0.2) is 16.3 Å². The van der Waals surface area contributed by atoms with Crippen LogP contribution in [0.5, 0.6) is 0 Å². The van der Waals surface area contributed by atoms with Crippen molar-refractivity contribution >= 4 is 5.91 Å². The van der Waals surface area contributed by atoms with E-state index in [1.54, 1.807) is 0 Å².